The fraction of sp³-hybridized carbons (Fsp3) is 1.00. The van der Waals surface area contributed by atoms with E-state index in [1.807, 2.05) is 7.05 Å². The van der Waals surface area contributed by atoms with Crippen LogP contribution in [0.15, 0.2) is 0 Å². The van der Waals surface area contributed by atoms with Gasteiger partial charge >= 0.3 is 0 Å². The van der Waals surface area contributed by atoms with Crippen LogP contribution in [-0.4, -0.2) is 39.4 Å². The van der Waals surface area contributed by atoms with Crippen molar-refractivity contribution in [2.24, 2.45) is 0 Å². The molecule has 62 valence electrons. The fourth-order valence-electron chi connectivity index (χ4n) is 0.941. The maximum absolute atomic E-state index is 4.25. The molecule has 0 saturated carbocycles. The molecule has 0 unspecified atom stereocenters. The Balaban J connectivity index is 0.000000236. The van der Waals surface area contributed by atoms with E-state index in [1.54, 1.807) is 14.2 Å². The molecule has 0 atom stereocenters. The van der Waals surface area contributed by atoms with E-state index >= 15 is 0 Å². The summed E-state index contributed by atoms with van der Waals surface area (Å²) in [6.45, 7) is 2.47. The molecule has 1 N–H and O–H groups in total. The molecule has 3 nitrogen and oxygen atoms in total. The molecule has 0 aromatic heterocycles. The Morgan fingerprint density at radius 3 is 1.80 bits per heavy atom. The smallest absolute Gasteiger partial charge is 0.0351 e. The van der Waals surface area contributed by atoms with Gasteiger partial charge in [0.05, 0.1) is 0 Å². The zero-order chi connectivity index (χ0) is 7.82. The lowest BCUT2D eigenvalue weighted by Gasteiger charge is -2.10. The van der Waals surface area contributed by atoms with Crippen LogP contribution in [0.3, 0.4) is 0 Å². The van der Waals surface area contributed by atoms with Crippen LogP contribution in [0.2, 0.25) is 0 Å². The summed E-state index contributed by atoms with van der Waals surface area (Å²) in [5, 5.41) is 2.24. The van der Waals surface area contributed by atoms with Gasteiger partial charge in [0.1, 0.15) is 0 Å². The van der Waals surface area contributed by atoms with E-state index in [1.165, 1.54) is 25.9 Å². The number of rotatable bonds is 1. The lowest BCUT2D eigenvalue weighted by atomic mass is 10.4. The van der Waals surface area contributed by atoms with E-state index in [0.29, 0.717) is 0 Å². The van der Waals surface area contributed by atoms with Gasteiger partial charge in [0.25, 0.3) is 0 Å². The standard InChI is InChI=1S/C5H12N2.C2H6O/c1-6-7-4-2-3-5-7;1-3-2/h6H,2-5H2,1H3;1-2H3. The van der Waals surface area contributed by atoms with E-state index in [4.69, 9.17) is 0 Å². The third-order valence-corrected chi connectivity index (χ3v) is 1.42. The minimum Gasteiger partial charge on any atom is -0.388 e. The largest absolute Gasteiger partial charge is 0.388 e. The molecule has 0 amide bonds. The molecule has 0 aliphatic carbocycles. The first-order valence-corrected chi connectivity index (χ1v) is 3.67. The summed E-state index contributed by atoms with van der Waals surface area (Å²) in [6.07, 6.45) is 2.72. The Morgan fingerprint density at radius 1 is 1.20 bits per heavy atom. The quantitative estimate of drug-likeness (QED) is 0.582. The Hall–Kier alpha value is -0.120. The first-order valence-electron chi connectivity index (χ1n) is 3.67. The highest BCUT2D eigenvalue weighted by Crippen LogP contribution is 2.01. The molecule has 0 aromatic carbocycles. The third kappa shape index (κ3) is 4.73. The molecule has 0 radical (unpaired) electrons. The van der Waals surface area contributed by atoms with Crippen LogP contribution in [0.25, 0.3) is 0 Å². The van der Waals surface area contributed by atoms with Crippen LogP contribution in [0.5, 0.6) is 0 Å². The Bertz CT molecular complexity index is 62.6. The summed E-state index contributed by atoms with van der Waals surface area (Å²) >= 11 is 0. The van der Waals surface area contributed by atoms with Crippen molar-refractivity contribution < 1.29 is 4.74 Å². The lowest BCUT2D eigenvalue weighted by Crippen LogP contribution is -2.31. The number of methoxy groups -OCH3 is 1. The molecule has 1 heterocycles. The van der Waals surface area contributed by atoms with Crippen LogP contribution < -0.4 is 5.43 Å². The second kappa shape index (κ2) is 6.99. The predicted octanol–water partition coefficient (Wildman–Crippen LogP) is 0.479. The summed E-state index contributed by atoms with van der Waals surface area (Å²) in [6, 6.07) is 0. The SMILES string of the molecule is CNN1CCCC1.COC. The molecule has 10 heavy (non-hydrogen) atoms. The number of nitrogens with zero attached hydrogens (tertiary/aromatic N) is 1. The van der Waals surface area contributed by atoms with Gasteiger partial charge in [0.15, 0.2) is 0 Å². The van der Waals surface area contributed by atoms with Gasteiger partial charge in [-0.2, -0.15) is 0 Å². The molecule has 1 rings (SSSR count). The van der Waals surface area contributed by atoms with Gasteiger partial charge in [-0.25, -0.2) is 5.01 Å². The van der Waals surface area contributed by atoms with Gasteiger partial charge in [-0.3, -0.25) is 5.43 Å². The van der Waals surface area contributed by atoms with Crippen molar-refractivity contribution in [3.8, 4) is 0 Å². The average molecular weight is 146 g/mol. The monoisotopic (exact) mass is 146 g/mol. The number of nitrogens with one attached hydrogen (secondary N) is 1. The number of hydrazine groups is 1. The predicted molar refractivity (Wildman–Crippen MR) is 42.8 cm³/mol. The maximum atomic E-state index is 4.25. The molecule has 0 bridgehead atoms. The first kappa shape index (κ1) is 9.88. The Labute approximate surface area is 63.3 Å². The van der Waals surface area contributed by atoms with Crippen LogP contribution >= 0.6 is 0 Å². The van der Waals surface area contributed by atoms with Crippen LogP contribution in [0, 0.1) is 0 Å². The van der Waals surface area contributed by atoms with Gasteiger partial charge in [0, 0.05) is 27.3 Å². The summed E-state index contributed by atoms with van der Waals surface area (Å²) in [4.78, 5) is 0. The average Bonchev–Trinajstić information content (AvgIpc) is 2.39. The normalized spacial score (nSPS) is 18.3. The second-order valence-electron chi connectivity index (χ2n) is 2.33. The molecule has 1 aliphatic heterocycles. The number of ether oxygens (including phenoxy) is 1. The molecule has 3 heteroatoms. The number of hydrogen-bond donors (Lipinski definition) is 1. The summed E-state index contributed by atoms with van der Waals surface area (Å²) in [7, 11) is 5.23. The highest BCUT2D eigenvalue weighted by Gasteiger charge is 2.06. The van der Waals surface area contributed by atoms with E-state index in [-0.39, 0.29) is 0 Å². The molecular formula is C7H18N2O. The molecule has 1 fully saturated rings. The minimum atomic E-state index is 1.23. The van der Waals surface area contributed by atoms with Crippen molar-refractivity contribution in [3.05, 3.63) is 0 Å². The van der Waals surface area contributed by atoms with E-state index in [2.05, 4.69) is 15.2 Å². The zero-order valence-corrected chi connectivity index (χ0v) is 7.18. The van der Waals surface area contributed by atoms with Gasteiger partial charge < -0.3 is 4.74 Å². The van der Waals surface area contributed by atoms with E-state index in [9.17, 15) is 0 Å². The lowest BCUT2D eigenvalue weighted by molar-refractivity contribution is 0.262. The molecular weight excluding hydrogens is 128 g/mol. The second-order valence-corrected chi connectivity index (χ2v) is 2.33. The topological polar surface area (TPSA) is 24.5 Å². The maximum Gasteiger partial charge on any atom is 0.0351 e. The first-order chi connectivity index (χ1) is 4.85. The van der Waals surface area contributed by atoms with Crippen molar-refractivity contribution in [1.29, 1.82) is 0 Å². The number of hydrogen-bond acceptors (Lipinski definition) is 3. The van der Waals surface area contributed by atoms with Crippen LogP contribution in [-0.2, 0) is 4.74 Å². The van der Waals surface area contributed by atoms with Gasteiger partial charge in [0.2, 0.25) is 0 Å². The summed E-state index contributed by atoms with van der Waals surface area (Å²) in [5.74, 6) is 0. The fourth-order valence-corrected chi connectivity index (χ4v) is 0.941. The zero-order valence-electron chi connectivity index (χ0n) is 7.18. The van der Waals surface area contributed by atoms with Crippen molar-refractivity contribution in [2.45, 2.75) is 12.8 Å². The highest BCUT2D eigenvalue weighted by molar-refractivity contribution is 4.59. The molecule has 0 spiro atoms. The highest BCUT2D eigenvalue weighted by atomic mass is 16.4. The minimum absolute atomic E-state index is 1.23. The van der Waals surface area contributed by atoms with Gasteiger partial charge in [-0.15, -0.1) is 0 Å². The van der Waals surface area contributed by atoms with Crippen molar-refractivity contribution >= 4 is 0 Å². The molecule has 1 saturated heterocycles. The Morgan fingerprint density at radius 2 is 1.60 bits per heavy atom. The van der Waals surface area contributed by atoms with E-state index in [0.717, 1.165) is 0 Å². The Kier molecular flexibility index (Phi) is 6.91. The third-order valence-electron chi connectivity index (χ3n) is 1.42. The summed E-state index contributed by atoms with van der Waals surface area (Å²) < 4.78 is 4.25. The van der Waals surface area contributed by atoms with Crippen molar-refractivity contribution in [2.75, 3.05) is 34.4 Å². The van der Waals surface area contributed by atoms with Crippen molar-refractivity contribution in [3.63, 3.8) is 0 Å². The van der Waals surface area contributed by atoms with Gasteiger partial charge in [-0.05, 0) is 19.9 Å². The molecule has 1 aliphatic rings. The van der Waals surface area contributed by atoms with E-state index < -0.39 is 0 Å². The van der Waals surface area contributed by atoms with Crippen LogP contribution in [0.4, 0.5) is 0 Å². The van der Waals surface area contributed by atoms with Crippen molar-refractivity contribution in [1.82, 2.24) is 10.4 Å². The molecule has 0 aromatic rings. The summed E-state index contributed by atoms with van der Waals surface area (Å²) in [5.41, 5.74) is 3.10. The van der Waals surface area contributed by atoms with Gasteiger partial charge in [-0.1, -0.05) is 0 Å². The van der Waals surface area contributed by atoms with Crippen LogP contribution in [0.1, 0.15) is 12.8 Å².